The van der Waals surface area contributed by atoms with Crippen LogP contribution in [0.15, 0.2) is 77.7 Å². The highest BCUT2D eigenvalue weighted by Gasteiger charge is 2.14. The first-order chi connectivity index (χ1) is 14.7. The SMILES string of the molecule is O=C(CSc1ccc(NC(=O)Cc2ccccc2)cc1)Nc1ccc2c(c1)OCO2. The first-order valence-electron chi connectivity index (χ1n) is 9.42. The van der Waals surface area contributed by atoms with Gasteiger partial charge in [-0.25, -0.2) is 0 Å². The maximum atomic E-state index is 12.2. The third kappa shape index (κ3) is 5.33. The molecule has 1 heterocycles. The van der Waals surface area contributed by atoms with Crippen LogP contribution in [0, 0.1) is 0 Å². The fraction of sp³-hybridized carbons (Fsp3) is 0.130. The lowest BCUT2D eigenvalue weighted by Crippen LogP contribution is -2.14. The van der Waals surface area contributed by atoms with Gasteiger partial charge in [0.25, 0.3) is 0 Å². The quantitative estimate of drug-likeness (QED) is 0.557. The van der Waals surface area contributed by atoms with E-state index in [9.17, 15) is 9.59 Å². The predicted molar refractivity (Wildman–Crippen MR) is 117 cm³/mol. The first kappa shape index (κ1) is 19.8. The first-order valence-corrected chi connectivity index (χ1v) is 10.4. The summed E-state index contributed by atoms with van der Waals surface area (Å²) < 4.78 is 10.6. The lowest BCUT2D eigenvalue weighted by Gasteiger charge is -2.08. The standard InChI is InChI=1S/C23H20N2O4S/c26-22(12-16-4-2-1-3-5-16)24-17-6-9-19(10-7-17)30-14-23(27)25-18-8-11-20-21(13-18)29-15-28-20/h1-11,13H,12,14-15H2,(H,24,26)(H,25,27). The van der Waals surface area contributed by atoms with E-state index in [1.807, 2.05) is 54.6 Å². The number of amides is 2. The molecule has 0 aliphatic carbocycles. The van der Waals surface area contributed by atoms with Gasteiger partial charge in [-0.2, -0.15) is 0 Å². The van der Waals surface area contributed by atoms with E-state index in [-0.39, 0.29) is 24.4 Å². The van der Waals surface area contributed by atoms with Crippen LogP contribution >= 0.6 is 11.8 Å². The smallest absolute Gasteiger partial charge is 0.234 e. The zero-order valence-electron chi connectivity index (χ0n) is 16.1. The summed E-state index contributed by atoms with van der Waals surface area (Å²) in [6.45, 7) is 0.200. The number of fused-ring (bicyclic) bond motifs is 1. The Labute approximate surface area is 178 Å². The zero-order valence-corrected chi connectivity index (χ0v) is 16.9. The molecule has 0 bridgehead atoms. The van der Waals surface area contributed by atoms with Gasteiger partial charge in [-0.1, -0.05) is 30.3 Å². The lowest BCUT2D eigenvalue weighted by atomic mass is 10.1. The predicted octanol–water partition coefficient (Wildman–Crippen LogP) is 4.33. The maximum Gasteiger partial charge on any atom is 0.234 e. The molecule has 3 aromatic carbocycles. The van der Waals surface area contributed by atoms with Crippen molar-refractivity contribution in [3.05, 3.63) is 78.4 Å². The number of hydrogen-bond donors (Lipinski definition) is 2. The largest absolute Gasteiger partial charge is 0.454 e. The Bertz CT molecular complexity index is 1040. The summed E-state index contributed by atoms with van der Waals surface area (Å²) in [6.07, 6.45) is 0.331. The van der Waals surface area contributed by atoms with Crippen LogP contribution in [0.4, 0.5) is 11.4 Å². The summed E-state index contributed by atoms with van der Waals surface area (Å²) in [7, 11) is 0. The van der Waals surface area contributed by atoms with Gasteiger partial charge in [-0.05, 0) is 42.0 Å². The summed E-state index contributed by atoms with van der Waals surface area (Å²) >= 11 is 1.42. The van der Waals surface area contributed by atoms with Gasteiger partial charge in [0.15, 0.2) is 11.5 Å². The minimum atomic E-state index is -0.112. The second-order valence-corrected chi connectivity index (χ2v) is 7.69. The van der Waals surface area contributed by atoms with Gasteiger partial charge < -0.3 is 20.1 Å². The van der Waals surface area contributed by atoms with Crippen LogP contribution in [-0.2, 0) is 16.0 Å². The third-order valence-electron chi connectivity index (χ3n) is 4.37. The van der Waals surface area contributed by atoms with Crippen molar-refractivity contribution in [2.24, 2.45) is 0 Å². The van der Waals surface area contributed by atoms with Crippen molar-refractivity contribution in [3.63, 3.8) is 0 Å². The molecule has 1 aliphatic heterocycles. The Morgan fingerprint density at radius 1 is 0.800 bits per heavy atom. The van der Waals surface area contributed by atoms with Crippen molar-refractivity contribution in [1.29, 1.82) is 0 Å². The number of anilines is 2. The van der Waals surface area contributed by atoms with Crippen LogP contribution in [0.25, 0.3) is 0 Å². The van der Waals surface area contributed by atoms with E-state index in [4.69, 9.17) is 9.47 Å². The molecule has 0 saturated heterocycles. The maximum absolute atomic E-state index is 12.2. The van der Waals surface area contributed by atoms with E-state index in [2.05, 4.69) is 10.6 Å². The molecular weight excluding hydrogens is 400 g/mol. The van der Waals surface area contributed by atoms with Crippen LogP contribution in [-0.4, -0.2) is 24.4 Å². The van der Waals surface area contributed by atoms with Crippen molar-refractivity contribution in [2.75, 3.05) is 23.2 Å². The number of carbonyl (C=O) groups excluding carboxylic acids is 2. The molecule has 1 aliphatic rings. The number of rotatable bonds is 7. The zero-order chi connectivity index (χ0) is 20.8. The highest BCUT2D eigenvalue weighted by atomic mass is 32.2. The molecule has 0 atom stereocenters. The Morgan fingerprint density at radius 3 is 2.30 bits per heavy atom. The monoisotopic (exact) mass is 420 g/mol. The average molecular weight is 420 g/mol. The lowest BCUT2D eigenvalue weighted by molar-refractivity contribution is -0.115. The third-order valence-corrected chi connectivity index (χ3v) is 5.38. The molecule has 2 amide bonds. The fourth-order valence-corrected chi connectivity index (χ4v) is 3.64. The molecule has 0 unspecified atom stereocenters. The van der Waals surface area contributed by atoms with Gasteiger partial charge in [0.05, 0.1) is 12.2 Å². The Morgan fingerprint density at radius 2 is 1.50 bits per heavy atom. The molecule has 30 heavy (non-hydrogen) atoms. The number of hydrogen-bond acceptors (Lipinski definition) is 5. The molecule has 3 aromatic rings. The molecular formula is C23H20N2O4S. The van der Waals surface area contributed by atoms with Gasteiger partial charge in [-0.3, -0.25) is 9.59 Å². The molecule has 0 radical (unpaired) electrons. The molecule has 0 fully saturated rings. The van der Waals surface area contributed by atoms with E-state index in [1.54, 1.807) is 18.2 Å². The van der Waals surface area contributed by atoms with Crippen molar-refractivity contribution in [2.45, 2.75) is 11.3 Å². The van der Waals surface area contributed by atoms with Crippen molar-refractivity contribution >= 4 is 35.0 Å². The molecule has 152 valence electrons. The van der Waals surface area contributed by atoms with Crippen molar-refractivity contribution in [1.82, 2.24) is 0 Å². The molecule has 0 aromatic heterocycles. The van der Waals surface area contributed by atoms with Gasteiger partial charge in [-0.15, -0.1) is 11.8 Å². The highest BCUT2D eigenvalue weighted by molar-refractivity contribution is 8.00. The molecule has 7 heteroatoms. The fourth-order valence-electron chi connectivity index (χ4n) is 2.94. The summed E-state index contributed by atoms with van der Waals surface area (Å²) in [5, 5.41) is 5.74. The van der Waals surface area contributed by atoms with Crippen LogP contribution in [0.3, 0.4) is 0 Å². The second-order valence-electron chi connectivity index (χ2n) is 6.64. The van der Waals surface area contributed by atoms with Crippen LogP contribution < -0.4 is 20.1 Å². The van der Waals surface area contributed by atoms with E-state index in [1.165, 1.54) is 11.8 Å². The second kappa shape index (κ2) is 9.37. The number of thioether (sulfide) groups is 1. The average Bonchev–Trinajstić information content (AvgIpc) is 3.22. The van der Waals surface area contributed by atoms with Gasteiger partial charge in [0.1, 0.15) is 0 Å². The van der Waals surface area contributed by atoms with E-state index in [0.717, 1.165) is 16.1 Å². The van der Waals surface area contributed by atoms with E-state index in [0.29, 0.717) is 23.6 Å². The Balaban J connectivity index is 1.24. The number of nitrogens with one attached hydrogen (secondary N) is 2. The Kier molecular flexibility index (Phi) is 6.20. The van der Waals surface area contributed by atoms with Crippen LogP contribution in [0.1, 0.15) is 5.56 Å². The van der Waals surface area contributed by atoms with Gasteiger partial charge in [0.2, 0.25) is 18.6 Å². The van der Waals surface area contributed by atoms with Crippen molar-refractivity contribution < 1.29 is 19.1 Å². The minimum absolute atomic E-state index is 0.0651. The number of benzene rings is 3. The molecule has 2 N–H and O–H groups in total. The van der Waals surface area contributed by atoms with Crippen molar-refractivity contribution in [3.8, 4) is 11.5 Å². The number of carbonyl (C=O) groups is 2. The summed E-state index contributed by atoms with van der Waals surface area (Å²) in [5.74, 6) is 1.40. The number of ether oxygens (including phenoxy) is 2. The minimum Gasteiger partial charge on any atom is -0.454 e. The summed E-state index contributed by atoms with van der Waals surface area (Å²) in [5.41, 5.74) is 2.36. The van der Waals surface area contributed by atoms with Crippen LogP contribution in [0.5, 0.6) is 11.5 Å². The van der Waals surface area contributed by atoms with Crippen LogP contribution in [0.2, 0.25) is 0 Å². The summed E-state index contributed by atoms with van der Waals surface area (Å²) in [4.78, 5) is 25.3. The molecule has 0 saturated carbocycles. The normalized spacial score (nSPS) is 11.7. The molecule has 4 rings (SSSR count). The van der Waals surface area contributed by atoms with Gasteiger partial charge in [0, 0.05) is 22.3 Å². The van der Waals surface area contributed by atoms with E-state index < -0.39 is 0 Å². The Hall–Kier alpha value is -3.45. The molecule has 0 spiro atoms. The van der Waals surface area contributed by atoms with E-state index >= 15 is 0 Å². The highest BCUT2D eigenvalue weighted by Crippen LogP contribution is 2.34. The summed E-state index contributed by atoms with van der Waals surface area (Å²) in [6, 6.07) is 22.3. The van der Waals surface area contributed by atoms with Gasteiger partial charge >= 0.3 is 0 Å². The molecule has 6 nitrogen and oxygen atoms in total. The topological polar surface area (TPSA) is 76.7 Å².